The van der Waals surface area contributed by atoms with Crippen LogP contribution in [0.3, 0.4) is 0 Å². The molecule has 0 aliphatic carbocycles. The summed E-state index contributed by atoms with van der Waals surface area (Å²) in [5.74, 6) is -1.02. The lowest BCUT2D eigenvalue weighted by molar-refractivity contribution is -0.113. The number of nitrogens with one attached hydrogen (secondary N) is 2. The second kappa shape index (κ2) is 12.0. The first-order valence-corrected chi connectivity index (χ1v) is 13.0. The SMILES string of the molecule is Nc1ccccc1NC(=O)/C(=C/c1ccc(COS(=O)(=O)c2ccccc2)cc1)NC(=O)c1ccccc1. The summed E-state index contributed by atoms with van der Waals surface area (Å²) < 4.78 is 29.9. The van der Waals surface area contributed by atoms with E-state index >= 15 is 0 Å². The summed E-state index contributed by atoms with van der Waals surface area (Å²) in [6, 6.07) is 29.9. The highest BCUT2D eigenvalue weighted by molar-refractivity contribution is 7.86. The van der Waals surface area contributed by atoms with Gasteiger partial charge in [-0.15, -0.1) is 0 Å². The van der Waals surface area contributed by atoms with E-state index in [4.69, 9.17) is 9.92 Å². The standard InChI is InChI=1S/C29H25N3O5S/c30-25-13-7-8-14-26(25)31-29(34)27(32-28(33)23-9-3-1-4-10-23)19-21-15-17-22(18-16-21)20-37-38(35,36)24-11-5-2-6-12-24/h1-19H,20,30H2,(H,31,34)(H,32,33)/b27-19-. The van der Waals surface area contributed by atoms with E-state index in [-0.39, 0.29) is 17.2 Å². The van der Waals surface area contributed by atoms with Gasteiger partial charge in [0.1, 0.15) is 5.70 Å². The number of nitrogens with two attached hydrogens (primary N) is 1. The largest absolute Gasteiger partial charge is 0.397 e. The maximum atomic E-state index is 13.1. The van der Waals surface area contributed by atoms with Crippen LogP contribution in [0.1, 0.15) is 21.5 Å². The maximum absolute atomic E-state index is 13.1. The van der Waals surface area contributed by atoms with Gasteiger partial charge in [0.25, 0.3) is 21.9 Å². The molecule has 0 spiro atoms. The van der Waals surface area contributed by atoms with Crippen LogP contribution >= 0.6 is 0 Å². The van der Waals surface area contributed by atoms with Crippen molar-refractivity contribution in [2.45, 2.75) is 11.5 Å². The lowest BCUT2D eigenvalue weighted by Crippen LogP contribution is -2.30. The summed E-state index contributed by atoms with van der Waals surface area (Å²) >= 11 is 0. The molecule has 0 fully saturated rings. The molecule has 4 aromatic rings. The number of carbonyl (C=O) groups is 2. The van der Waals surface area contributed by atoms with Gasteiger partial charge in [-0.2, -0.15) is 8.42 Å². The van der Waals surface area contributed by atoms with Crippen LogP contribution in [-0.4, -0.2) is 20.2 Å². The monoisotopic (exact) mass is 527 g/mol. The maximum Gasteiger partial charge on any atom is 0.297 e. The van der Waals surface area contributed by atoms with E-state index in [1.54, 1.807) is 97.1 Å². The zero-order chi connectivity index (χ0) is 27.0. The van der Waals surface area contributed by atoms with Crippen molar-refractivity contribution in [1.29, 1.82) is 0 Å². The zero-order valence-corrected chi connectivity index (χ0v) is 21.0. The molecule has 0 saturated heterocycles. The van der Waals surface area contributed by atoms with Gasteiger partial charge in [0, 0.05) is 5.56 Å². The minimum Gasteiger partial charge on any atom is -0.397 e. The molecule has 0 unspecified atom stereocenters. The number of para-hydroxylation sites is 2. The molecule has 4 N–H and O–H groups in total. The van der Waals surface area contributed by atoms with Crippen LogP contribution in [0.2, 0.25) is 0 Å². The first kappa shape index (κ1) is 26.3. The van der Waals surface area contributed by atoms with Crippen LogP contribution in [-0.2, 0) is 25.7 Å². The molecule has 0 aliphatic rings. The van der Waals surface area contributed by atoms with E-state index in [1.807, 2.05) is 0 Å². The van der Waals surface area contributed by atoms with Gasteiger partial charge in [-0.05, 0) is 53.6 Å². The fourth-order valence-corrected chi connectivity index (χ4v) is 4.34. The third-order valence-electron chi connectivity index (χ3n) is 5.44. The Morgan fingerprint density at radius 1 is 0.789 bits per heavy atom. The highest BCUT2D eigenvalue weighted by atomic mass is 32.2. The molecule has 4 rings (SSSR count). The Balaban J connectivity index is 1.53. The average molecular weight is 528 g/mol. The number of benzene rings is 4. The van der Waals surface area contributed by atoms with E-state index in [0.29, 0.717) is 28.1 Å². The van der Waals surface area contributed by atoms with Gasteiger partial charge in [-0.1, -0.05) is 72.8 Å². The Bertz CT molecular complexity index is 1550. The summed E-state index contributed by atoms with van der Waals surface area (Å²) in [7, 11) is -3.89. The van der Waals surface area contributed by atoms with Gasteiger partial charge in [0.2, 0.25) is 0 Å². The molecule has 0 radical (unpaired) electrons. The molecule has 0 atom stereocenters. The first-order chi connectivity index (χ1) is 18.3. The van der Waals surface area contributed by atoms with Gasteiger partial charge in [0.15, 0.2) is 0 Å². The van der Waals surface area contributed by atoms with E-state index in [2.05, 4.69) is 10.6 Å². The Kier molecular flexibility index (Phi) is 8.32. The normalized spacial score (nSPS) is 11.5. The molecule has 2 amide bonds. The fourth-order valence-electron chi connectivity index (χ4n) is 3.42. The predicted octanol–water partition coefficient (Wildman–Crippen LogP) is 4.58. The summed E-state index contributed by atoms with van der Waals surface area (Å²) in [5.41, 5.74) is 8.33. The van der Waals surface area contributed by atoms with Crippen molar-refractivity contribution in [3.05, 3.63) is 132 Å². The van der Waals surface area contributed by atoms with Gasteiger partial charge in [-0.25, -0.2) is 0 Å². The fraction of sp³-hybridized carbons (Fsp3) is 0.0345. The topological polar surface area (TPSA) is 128 Å². The van der Waals surface area contributed by atoms with Crippen molar-refractivity contribution in [2.75, 3.05) is 11.1 Å². The molecule has 0 heterocycles. The number of hydrogen-bond donors (Lipinski definition) is 3. The Hall–Kier alpha value is -4.73. The predicted molar refractivity (Wildman–Crippen MR) is 146 cm³/mol. The van der Waals surface area contributed by atoms with E-state index in [1.165, 1.54) is 18.2 Å². The second-order valence-electron chi connectivity index (χ2n) is 8.19. The van der Waals surface area contributed by atoms with Crippen LogP contribution in [0.4, 0.5) is 11.4 Å². The Morgan fingerprint density at radius 2 is 1.39 bits per heavy atom. The molecule has 0 bridgehead atoms. The lowest BCUT2D eigenvalue weighted by atomic mass is 10.1. The van der Waals surface area contributed by atoms with Crippen molar-refractivity contribution in [3.63, 3.8) is 0 Å². The third-order valence-corrected chi connectivity index (χ3v) is 6.72. The van der Waals surface area contributed by atoms with E-state index < -0.39 is 21.9 Å². The number of nitrogen functional groups attached to an aromatic ring is 1. The summed E-state index contributed by atoms with van der Waals surface area (Å²) in [4.78, 5) is 26.0. The lowest BCUT2D eigenvalue weighted by Gasteiger charge is -2.13. The van der Waals surface area contributed by atoms with Crippen molar-refractivity contribution >= 4 is 39.4 Å². The molecule has 9 heteroatoms. The van der Waals surface area contributed by atoms with Crippen molar-refractivity contribution < 1.29 is 22.2 Å². The van der Waals surface area contributed by atoms with Crippen LogP contribution in [0.25, 0.3) is 6.08 Å². The molecule has 38 heavy (non-hydrogen) atoms. The van der Waals surface area contributed by atoms with Gasteiger partial charge >= 0.3 is 0 Å². The van der Waals surface area contributed by atoms with Crippen molar-refractivity contribution in [2.24, 2.45) is 0 Å². The highest BCUT2D eigenvalue weighted by Gasteiger charge is 2.17. The molecule has 0 aromatic heterocycles. The van der Waals surface area contributed by atoms with E-state index in [9.17, 15) is 18.0 Å². The molecule has 0 aliphatic heterocycles. The molecule has 192 valence electrons. The smallest absolute Gasteiger partial charge is 0.297 e. The molecule has 4 aromatic carbocycles. The number of rotatable bonds is 9. The summed E-state index contributed by atoms with van der Waals surface area (Å²) in [5, 5.41) is 5.38. The summed E-state index contributed by atoms with van der Waals surface area (Å²) in [6.07, 6.45) is 1.51. The van der Waals surface area contributed by atoms with Crippen LogP contribution in [0, 0.1) is 0 Å². The minimum absolute atomic E-state index is 0.00207. The molecule has 8 nitrogen and oxygen atoms in total. The highest BCUT2D eigenvalue weighted by Crippen LogP contribution is 2.19. The van der Waals surface area contributed by atoms with Gasteiger partial charge in [-0.3, -0.25) is 13.8 Å². The number of anilines is 2. The number of amides is 2. The first-order valence-electron chi connectivity index (χ1n) is 11.6. The second-order valence-corrected chi connectivity index (χ2v) is 9.81. The third kappa shape index (κ3) is 6.94. The van der Waals surface area contributed by atoms with Gasteiger partial charge < -0.3 is 16.4 Å². The van der Waals surface area contributed by atoms with Crippen molar-refractivity contribution in [3.8, 4) is 0 Å². The van der Waals surface area contributed by atoms with E-state index in [0.717, 1.165) is 0 Å². The number of carbonyl (C=O) groups excluding carboxylic acids is 2. The molecular formula is C29H25N3O5S. The Morgan fingerprint density at radius 3 is 2.05 bits per heavy atom. The van der Waals surface area contributed by atoms with Crippen molar-refractivity contribution in [1.82, 2.24) is 5.32 Å². The van der Waals surface area contributed by atoms with Crippen LogP contribution in [0.5, 0.6) is 0 Å². The van der Waals surface area contributed by atoms with Gasteiger partial charge in [0.05, 0.1) is 22.9 Å². The molecular weight excluding hydrogens is 502 g/mol. The molecule has 0 saturated carbocycles. The minimum atomic E-state index is -3.89. The average Bonchev–Trinajstić information content (AvgIpc) is 2.94. The quantitative estimate of drug-likeness (QED) is 0.166. The number of hydrogen-bond acceptors (Lipinski definition) is 6. The summed E-state index contributed by atoms with van der Waals surface area (Å²) in [6.45, 7) is -0.160. The van der Waals surface area contributed by atoms with Crippen LogP contribution in [0.15, 0.2) is 120 Å². The zero-order valence-electron chi connectivity index (χ0n) is 20.2. The van der Waals surface area contributed by atoms with Crippen LogP contribution < -0.4 is 16.4 Å². The Labute approximate surface area is 220 Å².